The van der Waals surface area contributed by atoms with E-state index in [2.05, 4.69) is 17.4 Å². The van der Waals surface area contributed by atoms with Crippen LogP contribution in [0.3, 0.4) is 0 Å². The second-order valence-electron chi connectivity index (χ2n) is 7.00. The number of carbonyl (C=O) groups is 1. The minimum absolute atomic E-state index is 0.0814. The van der Waals surface area contributed by atoms with Crippen molar-refractivity contribution in [3.8, 4) is 16.9 Å². The number of nitrogens with one attached hydrogen (secondary N) is 1. The van der Waals surface area contributed by atoms with E-state index in [1.807, 2.05) is 61.3 Å². The molecular weight excluding hydrogens is 324 g/mol. The van der Waals surface area contributed by atoms with E-state index in [4.69, 9.17) is 4.74 Å². The van der Waals surface area contributed by atoms with E-state index in [0.717, 1.165) is 37.4 Å². The van der Waals surface area contributed by atoms with E-state index in [1.165, 1.54) is 12.0 Å². The summed E-state index contributed by atoms with van der Waals surface area (Å²) in [5, 5.41) is 3.22. The van der Waals surface area contributed by atoms with Gasteiger partial charge in [-0.05, 0) is 62.5 Å². The lowest BCUT2D eigenvalue weighted by atomic mass is 9.97. The summed E-state index contributed by atoms with van der Waals surface area (Å²) in [6, 6.07) is 18.2. The standard InChI is InChI=1S/C22H28N2O2/c1-17(22(25)24-14-6-7-18(16-24)15-23-2)26-21-12-10-20(11-13-21)19-8-4-3-5-9-19/h3-5,8-13,17-18,23H,6-7,14-16H2,1-2H3. The minimum Gasteiger partial charge on any atom is -0.481 e. The maximum atomic E-state index is 12.7. The lowest BCUT2D eigenvalue weighted by Gasteiger charge is -2.34. The third-order valence-electron chi connectivity index (χ3n) is 4.95. The van der Waals surface area contributed by atoms with Crippen LogP contribution in [-0.2, 0) is 4.79 Å². The van der Waals surface area contributed by atoms with Gasteiger partial charge in [0, 0.05) is 13.1 Å². The molecule has 1 amide bonds. The zero-order valence-electron chi connectivity index (χ0n) is 15.7. The lowest BCUT2D eigenvalue weighted by Crippen LogP contribution is -2.47. The average molecular weight is 352 g/mol. The highest BCUT2D eigenvalue weighted by Gasteiger charge is 2.27. The molecule has 1 aliphatic rings. The number of nitrogens with zero attached hydrogens (tertiary/aromatic N) is 1. The van der Waals surface area contributed by atoms with Crippen LogP contribution in [0.4, 0.5) is 0 Å². The van der Waals surface area contributed by atoms with Crippen molar-refractivity contribution in [3.63, 3.8) is 0 Å². The van der Waals surface area contributed by atoms with Crippen LogP contribution in [0.5, 0.6) is 5.75 Å². The van der Waals surface area contributed by atoms with Crippen LogP contribution >= 0.6 is 0 Å². The largest absolute Gasteiger partial charge is 0.481 e. The Labute approximate surface area is 156 Å². The fourth-order valence-corrected chi connectivity index (χ4v) is 3.59. The molecule has 2 aromatic carbocycles. The summed E-state index contributed by atoms with van der Waals surface area (Å²) >= 11 is 0. The third-order valence-corrected chi connectivity index (χ3v) is 4.95. The van der Waals surface area contributed by atoms with Crippen molar-refractivity contribution in [2.24, 2.45) is 5.92 Å². The first-order chi connectivity index (χ1) is 12.7. The van der Waals surface area contributed by atoms with Crippen molar-refractivity contribution in [1.29, 1.82) is 0 Å². The fraction of sp³-hybridized carbons (Fsp3) is 0.409. The van der Waals surface area contributed by atoms with Crippen LogP contribution in [0.25, 0.3) is 11.1 Å². The van der Waals surface area contributed by atoms with Gasteiger partial charge in [0.2, 0.25) is 0 Å². The monoisotopic (exact) mass is 352 g/mol. The summed E-state index contributed by atoms with van der Waals surface area (Å²) in [5.41, 5.74) is 2.31. The summed E-state index contributed by atoms with van der Waals surface area (Å²) in [4.78, 5) is 14.7. The summed E-state index contributed by atoms with van der Waals surface area (Å²) in [6.45, 7) is 4.45. The molecule has 0 aromatic heterocycles. The number of hydrogen-bond donors (Lipinski definition) is 1. The molecule has 1 heterocycles. The molecular formula is C22H28N2O2. The Morgan fingerprint density at radius 3 is 2.54 bits per heavy atom. The highest BCUT2D eigenvalue weighted by molar-refractivity contribution is 5.81. The van der Waals surface area contributed by atoms with Crippen LogP contribution in [-0.4, -0.2) is 43.6 Å². The first-order valence-corrected chi connectivity index (χ1v) is 9.43. The first kappa shape index (κ1) is 18.5. The third kappa shape index (κ3) is 4.64. The number of amides is 1. The van der Waals surface area contributed by atoms with Crippen molar-refractivity contribution < 1.29 is 9.53 Å². The van der Waals surface area contributed by atoms with Crippen LogP contribution in [0, 0.1) is 5.92 Å². The van der Waals surface area contributed by atoms with E-state index in [0.29, 0.717) is 5.92 Å². The second-order valence-corrected chi connectivity index (χ2v) is 7.00. The smallest absolute Gasteiger partial charge is 0.263 e. The van der Waals surface area contributed by atoms with Gasteiger partial charge in [-0.25, -0.2) is 0 Å². The number of rotatable bonds is 6. The molecule has 0 aliphatic carbocycles. The minimum atomic E-state index is -0.467. The molecule has 0 bridgehead atoms. The van der Waals surface area contributed by atoms with Crippen molar-refractivity contribution in [2.75, 3.05) is 26.7 Å². The maximum absolute atomic E-state index is 12.7. The molecule has 0 spiro atoms. The molecule has 3 rings (SSSR count). The Morgan fingerprint density at radius 1 is 1.15 bits per heavy atom. The Morgan fingerprint density at radius 2 is 1.85 bits per heavy atom. The van der Waals surface area contributed by atoms with E-state index in [1.54, 1.807) is 0 Å². The van der Waals surface area contributed by atoms with Gasteiger partial charge in [0.15, 0.2) is 6.10 Å². The number of benzene rings is 2. The molecule has 1 saturated heterocycles. The molecule has 2 atom stereocenters. The number of ether oxygens (including phenoxy) is 1. The Bertz CT molecular complexity index is 698. The molecule has 138 valence electrons. The summed E-state index contributed by atoms with van der Waals surface area (Å²) in [6.07, 6.45) is 1.78. The molecule has 0 radical (unpaired) electrons. The molecule has 2 aromatic rings. The Balaban J connectivity index is 1.58. The molecule has 1 N–H and O–H groups in total. The molecule has 0 saturated carbocycles. The van der Waals surface area contributed by atoms with E-state index in [-0.39, 0.29) is 5.91 Å². The van der Waals surface area contributed by atoms with Gasteiger partial charge in [-0.1, -0.05) is 42.5 Å². The number of piperidine rings is 1. The van der Waals surface area contributed by atoms with E-state index >= 15 is 0 Å². The van der Waals surface area contributed by atoms with Gasteiger partial charge in [-0.3, -0.25) is 4.79 Å². The van der Waals surface area contributed by atoms with Crippen molar-refractivity contribution in [1.82, 2.24) is 10.2 Å². The van der Waals surface area contributed by atoms with Gasteiger partial charge in [0.1, 0.15) is 5.75 Å². The average Bonchev–Trinajstić information content (AvgIpc) is 2.69. The maximum Gasteiger partial charge on any atom is 0.263 e. The zero-order chi connectivity index (χ0) is 18.4. The molecule has 26 heavy (non-hydrogen) atoms. The molecule has 1 aliphatic heterocycles. The predicted molar refractivity (Wildman–Crippen MR) is 105 cm³/mol. The predicted octanol–water partition coefficient (Wildman–Crippen LogP) is 3.58. The van der Waals surface area contributed by atoms with Crippen LogP contribution in [0.1, 0.15) is 19.8 Å². The SMILES string of the molecule is CNCC1CCCN(C(=O)C(C)Oc2ccc(-c3ccccc3)cc2)C1. The van der Waals surface area contributed by atoms with Gasteiger partial charge < -0.3 is 15.0 Å². The lowest BCUT2D eigenvalue weighted by molar-refractivity contribution is -0.139. The number of carbonyl (C=O) groups excluding carboxylic acids is 1. The van der Waals surface area contributed by atoms with Gasteiger partial charge in [0.05, 0.1) is 0 Å². The number of likely N-dealkylation sites (tertiary alicyclic amines) is 1. The summed E-state index contributed by atoms with van der Waals surface area (Å²) in [7, 11) is 1.96. The molecule has 4 heteroatoms. The van der Waals surface area contributed by atoms with Crippen LogP contribution < -0.4 is 10.1 Å². The van der Waals surface area contributed by atoms with Gasteiger partial charge in [0.25, 0.3) is 5.91 Å². The van der Waals surface area contributed by atoms with Gasteiger partial charge in [-0.15, -0.1) is 0 Å². The molecule has 1 fully saturated rings. The van der Waals surface area contributed by atoms with Crippen molar-refractivity contribution in [2.45, 2.75) is 25.9 Å². The zero-order valence-corrected chi connectivity index (χ0v) is 15.7. The Kier molecular flexibility index (Phi) is 6.29. The van der Waals surface area contributed by atoms with E-state index < -0.39 is 6.10 Å². The van der Waals surface area contributed by atoms with Crippen LogP contribution in [0.15, 0.2) is 54.6 Å². The summed E-state index contributed by atoms with van der Waals surface area (Å²) in [5.74, 6) is 1.35. The normalized spacial score (nSPS) is 18.4. The van der Waals surface area contributed by atoms with E-state index in [9.17, 15) is 4.79 Å². The van der Waals surface area contributed by atoms with Gasteiger partial charge in [-0.2, -0.15) is 0 Å². The first-order valence-electron chi connectivity index (χ1n) is 9.43. The topological polar surface area (TPSA) is 41.6 Å². The quantitative estimate of drug-likeness (QED) is 0.864. The van der Waals surface area contributed by atoms with Crippen LogP contribution in [0.2, 0.25) is 0 Å². The molecule has 4 nitrogen and oxygen atoms in total. The van der Waals surface area contributed by atoms with Crippen molar-refractivity contribution in [3.05, 3.63) is 54.6 Å². The fourth-order valence-electron chi connectivity index (χ4n) is 3.59. The highest BCUT2D eigenvalue weighted by Crippen LogP contribution is 2.23. The van der Waals surface area contributed by atoms with Gasteiger partial charge >= 0.3 is 0 Å². The second kappa shape index (κ2) is 8.86. The number of hydrogen-bond acceptors (Lipinski definition) is 3. The summed E-state index contributed by atoms with van der Waals surface area (Å²) < 4.78 is 5.91. The van der Waals surface area contributed by atoms with Crippen molar-refractivity contribution >= 4 is 5.91 Å². The highest BCUT2D eigenvalue weighted by atomic mass is 16.5. The Hall–Kier alpha value is -2.33. The molecule has 2 unspecified atom stereocenters.